The van der Waals surface area contributed by atoms with Crippen LogP contribution in [0.15, 0.2) is 94.2 Å². The van der Waals surface area contributed by atoms with Crippen LogP contribution < -0.4 is 10.9 Å². The Balaban J connectivity index is 1.63. The summed E-state index contributed by atoms with van der Waals surface area (Å²) in [5, 5.41) is 4.25. The van der Waals surface area contributed by atoms with Gasteiger partial charge in [-0.25, -0.2) is 0 Å². The highest BCUT2D eigenvalue weighted by Crippen LogP contribution is 2.26. The summed E-state index contributed by atoms with van der Waals surface area (Å²) in [6.45, 7) is 0.411. The summed E-state index contributed by atoms with van der Waals surface area (Å²) in [5.41, 5.74) is 2.18. The first-order valence-corrected chi connectivity index (χ1v) is 10.1. The van der Waals surface area contributed by atoms with Crippen molar-refractivity contribution in [1.29, 1.82) is 0 Å². The maximum atomic E-state index is 12.9. The Bertz CT molecular complexity index is 1160. The van der Waals surface area contributed by atoms with E-state index in [0.29, 0.717) is 21.8 Å². The number of carbonyl (C=O) groups excluding carboxylic acids is 1. The second-order valence-electron chi connectivity index (χ2n) is 6.77. The number of amides is 1. The van der Waals surface area contributed by atoms with Gasteiger partial charge >= 0.3 is 0 Å². The zero-order valence-electron chi connectivity index (χ0n) is 15.6. The van der Waals surface area contributed by atoms with Gasteiger partial charge in [-0.15, -0.1) is 0 Å². The highest BCUT2D eigenvalue weighted by Gasteiger charge is 2.19. The van der Waals surface area contributed by atoms with Gasteiger partial charge in [0.25, 0.3) is 11.5 Å². The monoisotopic (exact) mass is 446 g/mol. The van der Waals surface area contributed by atoms with Crippen LogP contribution in [0.3, 0.4) is 0 Å². The van der Waals surface area contributed by atoms with Crippen LogP contribution in [-0.2, 0) is 0 Å². The second-order valence-corrected chi connectivity index (χ2v) is 7.57. The van der Waals surface area contributed by atoms with Crippen molar-refractivity contribution < 1.29 is 4.79 Å². The van der Waals surface area contributed by atoms with Gasteiger partial charge in [-0.3, -0.25) is 9.59 Å². The number of H-pyrrole nitrogens is 1. The van der Waals surface area contributed by atoms with E-state index in [1.54, 1.807) is 12.1 Å². The minimum atomic E-state index is -0.323. The van der Waals surface area contributed by atoms with Crippen molar-refractivity contribution in [3.8, 4) is 0 Å². The molecule has 4 nitrogen and oxygen atoms in total. The fraction of sp³-hybridized carbons (Fsp3) is 0.0833. The van der Waals surface area contributed by atoms with E-state index in [9.17, 15) is 9.59 Å². The molecule has 0 aliphatic carbocycles. The van der Waals surface area contributed by atoms with Gasteiger partial charge in [0.05, 0.1) is 4.47 Å². The molecule has 144 valence electrons. The van der Waals surface area contributed by atoms with E-state index >= 15 is 0 Å². The number of halogens is 1. The molecular formula is C24H19BrN2O2. The van der Waals surface area contributed by atoms with Crippen LogP contribution in [0.2, 0.25) is 0 Å². The van der Waals surface area contributed by atoms with Crippen LogP contribution in [0, 0.1) is 0 Å². The van der Waals surface area contributed by atoms with Gasteiger partial charge < -0.3 is 10.3 Å². The summed E-state index contributed by atoms with van der Waals surface area (Å²) in [6.07, 6.45) is 0. The Hall–Kier alpha value is -3.18. The second kappa shape index (κ2) is 8.45. The maximum Gasteiger partial charge on any atom is 0.269 e. The van der Waals surface area contributed by atoms with Gasteiger partial charge in [0.2, 0.25) is 0 Å². The lowest BCUT2D eigenvalue weighted by Gasteiger charge is -2.19. The number of fused-ring (bicyclic) bond motifs is 1. The molecule has 0 bridgehead atoms. The summed E-state index contributed by atoms with van der Waals surface area (Å²) < 4.78 is 0.584. The highest BCUT2D eigenvalue weighted by atomic mass is 79.9. The molecule has 0 aliphatic heterocycles. The zero-order chi connectivity index (χ0) is 20.2. The molecule has 0 saturated carbocycles. The number of rotatable bonds is 5. The average Bonchev–Trinajstić information content (AvgIpc) is 2.78. The summed E-state index contributed by atoms with van der Waals surface area (Å²) in [6, 6.07) is 27.3. The van der Waals surface area contributed by atoms with Crippen molar-refractivity contribution in [2.75, 3.05) is 6.54 Å². The van der Waals surface area contributed by atoms with Gasteiger partial charge in [0.15, 0.2) is 0 Å². The molecule has 0 aliphatic rings. The lowest BCUT2D eigenvalue weighted by atomic mass is 9.91. The van der Waals surface area contributed by atoms with Crippen LogP contribution in [0.4, 0.5) is 0 Å². The zero-order valence-corrected chi connectivity index (χ0v) is 17.1. The lowest BCUT2D eigenvalue weighted by molar-refractivity contribution is 0.0946. The molecular weight excluding hydrogens is 428 g/mol. The predicted octanol–water partition coefficient (Wildman–Crippen LogP) is 4.85. The van der Waals surface area contributed by atoms with Crippen molar-refractivity contribution in [3.63, 3.8) is 0 Å². The Kier molecular flexibility index (Phi) is 5.58. The molecule has 1 heterocycles. The number of carbonyl (C=O) groups is 1. The van der Waals surface area contributed by atoms with Crippen LogP contribution in [0.5, 0.6) is 0 Å². The third kappa shape index (κ3) is 4.00. The number of aromatic nitrogens is 1. The molecule has 1 aromatic heterocycles. The Labute approximate surface area is 176 Å². The largest absolute Gasteiger partial charge is 0.350 e. The smallest absolute Gasteiger partial charge is 0.269 e. The van der Waals surface area contributed by atoms with E-state index in [2.05, 4.69) is 50.5 Å². The number of hydrogen-bond acceptors (Lipinski definition) is 2. The lowest BCUT2D eigenvalue weighted by Crippen LogP contribution is -2.31. The van der Waals surface area contributed by atoms with Crippen molar-refractivity contribution in [2.24, 2.45) is 0 Å². The number of aromatic amines is 1. The molecule has 29 heavy (non-hydrogen) atoms. The first-order chi connectivity index (χ1) is 14.1. The Morgan fingerprint density at radius 1 is 0.828 bits per heavy atom. The maximum absolute atomic E-state index is 12.9. The van der Waals surface area contributed by atoms with E-state index in [1.165, 1.54) is 0 Å². The first-order valence-electron chi connectivity index (χ1n) is 9.34. The van der Waals surface area contributed by atoms with Crippen LogP contribution >= 0.6 is 15.9 Å². The van der Waals surface area contributed by atoms with Crippen LogP contribution in [0.1, 0.15) is 27.5 Å². The van der Waals surface area contributed by atoms with E-state index < -0.39 is 0 Å². The molecule has 4 rings (SSSR count). The van der Waals surface area contributed by atoms with Crippen molar-refractivity contribution >= 4 is 32.6 Å². The number of pyridine rings is 1. The summed E-state index contributed by atoms with van der Waals surface area (Å²) in [4.78, 5) is 28.0. The van der Waals surface area contributed by atoms with Crippen molar-refractivity contribution in [2.45, 2.75) is 5.92 Å². The van der Waals surface area contributed by atoms with Gasteiger partial charge in [-0.2, -0.15) is 0 Å². The Morgan fingerprint density at radius 2 is 1.34 bits per heavy atom. The molecule has 2 N–H and O–H groups in total. The molecule has 0 unspecified atom stereocenters. The predicted molar refractivity (Wildman–Crippen MR) is 119 cm³/mol. The third-order valence-electron chi connectivity index (χ3n) is 4.96. The van der Waals surface area contributed by atoms with Gasteiger partial charge in [-0.05, 0) is 33.1 Å². The number of hydrogen-bond donors (Lipinski definition) is 2. The molecule has 0 radical (unpaired) electrons. The quantitative estimate of drug-likeness (QED) is 0.460. The minimum absolute atomic E-state index is 0.00676. The third-order valence-corrected chi connectivity index (χ3v) is 5.79. The number of nitrogens with one attached hydrogen (secondary N) is 2. The molecule has 0 fully saturated rings. The van der Waals surface area contributed by atoms with Gasteiger partial charge in [-0.1, -0.05) is 78.9 Å². The van der Waals surface area contributed by atoms with E-state index in [-0.39, 0.29) is 23.1 Å². The average molecular weight is 447 g/mol. The molecule has 0 saturated heterocycles. The molecule has 0 spiro atoms. The molecule has 1 amide bonds. The van der Waals surface area contributed by atoms with Crippen molar-refractivity contribution in [1.82, 2.24) is 10.3 Å². The van der Waals surface area contributed by atoms with E-state index in [0.717, 1.165) is 11.1 Å². The first kappa shape index (κ1) is 19.2. The normalized spacial score (nSPS) is 11.0. The fourth-order valence-corrected chi connectivity index (χ4v) is 4.11. The van der Waals surface area contributed by atoms with Crippen LogP contribution in [0.25, 0.3) is 10.8 Å². The number of benzene rings is 3. The minimum Gasteiger partial charge on any atom is -0.350 e. The standard InChI is InChI=1S/C24H19BrN2O2/c25-21-18-13-7-8-14-19(18)23(28)27-22(21)24(29)26-15-20(16-9-3-1-4-10-16)17-11-5-2-6-12-17/h1-14,20H,15H2,(H,26,29)(H,27,28). The van der Waals surface area contributed by atoms with E-state index in [1.807, 2.05) is 48.5 Å². The fourth-order valence-electron chi connectivity index (χ4n) is 3.48. The molecule has 0 atom stereocenters. The summed E-state index contributed by atoms with van der Waals surface area (Å²) in [5.74, 6) is -0.316. The van der Waals surface area contributed by atoms with Crippen LogP contribution in [-0.4, -0.2) is 17.4 Å². The molecule has 4 aromatic rings. The topological polar surface area (TPSA) is 62.0 Å². The van der Waals surface area contributed by atoms with Crippen molar-refractivity contribution in [3.05, 3.63) is 117 Å². The van der Waals surface area contributed by atoms with E-state index in [4.69, 9.17) is 0 Å². The van der Waals surface area contributed by atoms with Gasteiger partial charge in [0, 0.05) is 23.2 Å². The summed E-state index contributed by atoms with van der Waals surface area (Å²) in [7, 11) is 0. The summed E-state index contributed by atoms with van der Waals surface area (Å²) >= 11 is 3.48. The SMILES string of the molecule is O=C(NCC(c1ccccc1)c1ccccc1)c1[nH]c(=O)c2ccccc2c1Br. The molecule has 5 heteroatoms. The highest BCUT2D eigenvalue weighted by molar-refractivity contribution is 9.10. The Morgan fingerprint density at radius 3 is 1.93 bits per heavy atom. The molecule has 3 aromatic carbocycles. The van der Waals surface area contributed by atoms with Gasteiger partial charge in [0.1, 0.15) is 5.69 Å².